The molecule has 5 aromatic carbocycles. The molecule has 27 heteroatoms. The average molecular weight is 960 g/mol. The topological polar surface area (TPSA) is 40.5 Å². The van der Waals surface area contributed by atoms with Crippen LogP contribution < -0.4 is 21.9 Å². The number of hydrogen-bond donors (Lipinski definition) is 2. The first-order valence-electron chi connectivity index (χ1n) is 16.4. The Morgan fingerprint density at radius 2 is 0.556 bits per heavy atom. The van der Waals surface area contributed by atoms with Crippen molar-refractivity contribution in [3.63, 3.8) is 0 Å². The Labute approximate surface area is 338 Å². The maximum Gasteiger partial charge on any atom is 0.416 e. The Kier molecular flexibility index (Phi) is 15.1. The molecule has 0 unspecified atom stereocenters. The first-order chi connectivity index (χ1) is 29.2. The summed E-state index contributed by atoms with van der Waals surface area (Å²) >= 11 is 0. The van der Waals surface area contributed by atoms with Crippen molar-refractivity contribution >= 4 is 38.9 Å². The van der Waals surface area contributed by atoms with Gasteiger partial charge in [-0.05, 0) is 23.0 Å². The molecule has 0 aliphatic heterocycles. The van der Waals surface area contributed by atoms with E-state index in [2.05, 4.69) is 0 Å². The highest BCUT2D eigenvalue weighted by Gasteiger charge is 2.52. The van der Waals surface area contributed by atoms with E-state index in [0.717, 1.165) is 17.7 Å². The van der Waals surface area contributed by atoms with Gasteiger partial charge in [0.05, 0.1) is 18.8 Å². The minimum Gasteiger partial charge on any atom is -0.391 e. The van der Waals surface area contributed by atoms with Crippen LogP contribution in [-0.4, -0.2) is 41.1 Å². The third-order valence-electron chi connectivity index (χ3n) is 9.12. The van der Waals surface area contributed by atoms with Gasteiger partial charge in [-0.2, -0.15) is 13.2 Å². The molecule has 342 valence electrons. The molecule has 63 heavy (non-hydrogen) atoms. The van der Waals surface area contributed by atoms with Gasteiger partial charge in [0.1, 0.15) is 69.9 Å². The average Bonchev–Trinajstić information content (AvgIpc) is 3.23. The van der Waals surface area contributed by atoms with Crippen LogP contribution in [0.5, 0.6) is 0 Å². The summed E-state index contributed by atoms with van der Waals surface area (Å²) in [4.78, 5) is 0. The maximum atomic E-state index is 15.4. The second-order valence-electron chi connectivity index (χ2n) is 12.6. The molecule has 0 saturated heterocycles. The predicted molar refractivity (Wildman–Crippen MR) is 176 cm³/mol. The van der Waals surface area contributed by atoms with Crippen LogP contribution in [0, 0.1) is 116 Å². The zero-order chi connectivity index (χ0) is 48.0. The highest BCUT2D eigenvalue weighted by atomic mass is 32.2. The number of benzene rings is 5. The van der Waals surface area contributed by atoms with E-state index >= 15 is 35.1 Å². The van der Waals surface area contributed by atoms with Crippen molar-refractivity contribution < 1.29 is 111 Å². The molecule has 2 N–H and O–H groups in total. The lowest BCUT2D eigenvalue weighted by Gasteiger charge is -2.44. The number of rotatable bonds is 10. The van der Waals surface area contributed by atoms with Gasteiger partial charge in [0.2, 0.25) is 0 Å². The van der Waals surface area contributed by atoms with Crippen molar-refractivity contribution in [3.8, 4) is 0 Å². The van der Waals surface area contributed by atoms with Gasteiger partial charge in [-0.15, -0.1) is 21.9 Å². The Hall–Kier alpha value is -5.18. The largest absolute Gasteiger partial charge is 0.416 e. The quantitative estimate of drug-likeness (QED) is 0.0497. The van der Waals surface area contributed by atoms with Crippen molar-refractivity contribution in [1.82, 2.24) is 0 Å². The van der Waals surface area contributed by atoms with E-state index < -0.39 is 156 Å². The van der Waals surface area contributed by atoms with Crippen LogP contribution in [0.15, 0.2) is 24.3 Å². The Balaban J connectivity index is 0.000000405. The summed E-state index contributed by atoms with van der Waals surface area (Å²) in [7, 11) is -0.185. The van der Waals surface area contributed by atoms with Gasteiger partial charge in [0, 0.05) is 5.56 Å². The van der Waals surface area contributed by atoms with Crippen molar-refractivity contribution in [2.75, 3.05) is 24.7 Å². The molecular weight excluding hydrogens is 944 g/mol. The van der Waals surface area contributed by atoms with E-state index in [-0.39, 0.29) is 24.1 Å². The molecule has 0 amide bonds. The normalized spacial score (nSPS) is 12.0. The van der Waals surface area contributed by atoms with Crippen LogP contribution in [0.4, 0.5) is 101 Å². The first-order valence-corrected chi connectivity index (χ1v) is 18.2. The number of hydrogen-bond acceptors (Lipinski definition) is 2. The summed E-state index contributed by atoms with van der Waals surface area (Å²) in [5.41, 5.74) is -14.2. The minimum atomic E-state index is -7.22. The van der Waals surface area contributed by atoms with Crippen LogP contribution in [-0.2, 0) is 22.8 Å². The minimum absolute atomic E-state index is 0.0315. The van der Waals surface area contributed by atoms with Crippen molar-refractivity contribution in [3.05, 3.63) is 152 Å². The fraction of sp³-hybridized carbons (Fsp3) is 0.167. The molecular formula is C36H16BF23O2S. The Morgan fingerprint density at radius 3 is 0.746 bits per heavy atom. The molecule has 5 aromatic rings. The molecule has 0 bridgehead atoms. The molecule has 0 radical (unpaired) electrons. The Bertz CT molecular complexity index is 2180. The first kappa shape index (κ1) is 50.5. The summed E-state index contributed by atoms with van der Waals surface area (Å²) in [6.45, 7) is 0.0630. The summed E-state index contributed by atoms with van der Waals surface area (Å²) < 4.78 is 331. The molecule has 0 atom stereocenters. The van der Waals surface area contributed by atoms with Crippen LogP contribution in [0.2, 0.25) is 0 Å². The molecule has 0 aliphatic carbocycles. The fourth-order valence-electron chi connectivity index (χ4n) is 6.40. The van der Waals surface area contributed by atoms with Gasteiger partial charge in [0.15, 0.2) is 69.8 Å². The molecule has 2 nitrogen and oxygen atoms in total. The van der Waals surface area contributed by atoms with E-state index in [0.29, 0.717) is 17.3 Å². The Morgan fingerprint density at radius 1 is 0.349 bits per heavy atom. The number of halogens is 23. The zero-order valence-corrected chi connectivity index (χ0v) is 30.7. The standard InChI is InChI=1S/C24BF20.C12H16F3O2S/c26-5-1(6(27)14(35)21(42)13(5)34)25(2-7(28)15(36)22(43)16(37)8(2)29,3-9(30)17(38)23(44)18(39)10(3)31)4-11(32)19(40)24(45)20(41)12(4)33;13-12(14,15)11-3-1-10(2-4-11)9-18(7-5-16)8-6-17/h;1-4,16-17H,5-9H2/q-1;+1. The monoisotopic (exact) mass is 960 g/mol. The van der Waals surface area contributed by atoms with Gasteiger partial charge in [-0.1, -0.05) is 12.1 Å². The molecule has 0 fully saturated rings. The van der Waals surface area contributed by atoms with Gasteiger partial charge < -0.3 is 10.2 Å². The lowest BCUT2D eigenvalue weighted by molar-refractivity contribution is -0.137. The lowest BCUT2D eigenvalue weighted by Crippen LogP contribution is -2.81. The van der Waals surface area contributed by atoms with E-state index in [4.69, 9.17) is 10.2 Å². The van der Waals surface area contributed by atoms with Gasteiger partial charge >= 0.3 is 6.18 Å². The molecule has 0 aliphatic rings. The van der Waals surface area contributed by atoms with E-state index in [1.807, 2.05) is 0 Å². The third-order valence-corrected chi connectivity index (χ3v) is 11.4. The number of alkyl halides is 3. The highest BCUT2D eigenvalue weighted by molar-refractivity contribution is 7.96. The fourth-order valence-corrected chi connectivity index (χ4v) is 8.08. The van der Waals surface area contributed by atoms with Gasteiger partial charge in [-0.25, -0.2) is 87.8 Å². The van der Waals surface area contributed by atoms with Crippen LogP contribution in [0.3, 0.4) is 0 Å². The van der Waals surface area contributed by atoms with Crippen LogP contribution >= 0.6 is 0 Å². The summed E-state index contributed by atoms with van der Waals surface area (Å²) in [6.07, 6.45) is -11.5. The van der Waals surface area contributed by atoms with Crippen molar-refractivity contribution in [2.24, 2.45) is 0 Å². The number of aliphatic hydroxyl groups excluding tert-OH is 2. The summed E-state index contributed by atoms with van der Waals surface area (Å²) in [6, 6.07) is 5.04. The second-order valence-corrected chi connectivity index (χ2v) is 14.9. The van der Waals surface area contributed by atoms with Gasteiger partial charge in [-0.3, -0.25) is 0 Å². The van der Waals surface area contributed by atoms with Crippen LogP contribution in [0.25, 0.3) is 0 Å². The predicted octanol–water partition coefficient (Wildman–Crippen LogP) is 7.65. The highest BCUT2D eigenvalue weighted by Crippen LogP contribution is 2.32. The zero-order valence-electron chi connectivity index (χ0n) is 29.9. The maximum absolute atomic E-state index is 15.4. The second kappa shape index (κ2) is 18.9. The molecule has 0 aromatic heterocycles. The molecule has 0 saturated carbocycles. The molecule has 5 rings (SSSR count). The number of aliphatic hydroxyl groups is 2. The lowest BCUT2D eigenvalue weighted by atomic mass is 9.12. The van der Waals surface area contributed by atoms with Crippen molar-refractivity contribution in [1.29, 1.82) is 0 Å². The van der Waals surface area contributed by atoms with Crippen molar-refractivity contribution in [2.45, 2.75) is 11.9 Å². The van der Waals surface area contributed by atoms with E-state index in [1.165, 1.54) is 12.1 Å². The molecule has 0 spiro atoms. The smallest absolute Gasteiger partial charge is 0.391 e. The van der Waals surface area contributed by atoms with Gasteiger partial charge in [0.25, 0.3) is 0 Å². The van der Waals surface area contributed by atoms with Crippen LogP contribution in [0.1, 0.15) is 11.1 Å². The van der Waals surface area contributed by atoms with E-state index in [9.17, 15) is 65.9 Å². The molecule has 0 heterocycles. The summed E-state index contributed by atoms with van der Waals surface area (Å²) in [5, 5.41) is 17.7. The summed E-state index contributed by atoms with van der Waals surface area (Å²) in [5.74, 6) is -69.7. The van der Waals surface area contributed by atoms with E-state index in [1.54, 1.807) is 0 Å². The SMILES string of the molecule is Fc1c(F)c(F)c([B-](c2c(F)c(F)c(F)c(F)c2F)(c2c(F)c(F)c(F)c(F)c2F)c2c(F)c(F)c(F)c(F)c2F)c(F)c1F.OCC[S+](CCO)Cc1ccc(C(F)(F)F)cc1. The third kappa shape index (κ3) is 8.61.